The lowest BCUT2D eigenvalue weighted by Crippen LogP contribution is -2.11. The van der Waals surface area contributed by atoms with Crippen LogP contribution in [-0.4, -0.2) is 4.57 Å². The Hall–Kier alpha value is -9.18. The molecule has 2 heterocycles. The predicted molar refractivity (Wildman–Crippen MR) is 290 cm³/mol. The van der Waals surface area contributed by atoms with Gasteiger partial charge in [-0.15, -0.1) is 0 Å². The third-order valence-electron chi connectivity index (χ3n) is 13.6. The van der Waals surface area contributed by atoms with Crippen LogP contribution in [0.1, 0.15) is 0 Å². The number of hydrogen-bond acceptors (Lipinski definition) is 2. The summed E-state index contributed by atoms with van der Waals surface area (Å²) in [6, 6.07) is 96.1. The highest BCUT2D eigenvalue weighted by atomic mass is 16.3. The average molecular weight is 881 g/mol. The second-order valence-corrected chi connectivity index (χ2v) is 17.6. The second kappa shape index (κ2) is 16.9. The van der Waals surface area contributed by atoms with Crippen molar-refractivity contribution in [3.8, 4) is 61.3 Å². The van der Waals surface area contributed by atoms with Gasteiger partial charge in [0.2, 0.25) is 0 Å². The zero-order valence-corrected chi connectivity index (χ0v) is 37.7. The lowest BCUT2D eigenvalue weighted by atomic mass is 9.92. The lowest BCUT2D eigenvalue weighted by Gasteiger charge is -2.29. The molecule has 0 aliphatic rings. The van der Waals surface area contributed by atoms with E-state index in [1.807, 2.05) is 12.1 Å². The summed E-state index contributed by atoms with van der Waals surface area (Å²) in [6.07, 6.45) is 0. The normalized spacial score (nSPS) is 11.5. The summed E-state index contributed by atoms with van der Waals surface area (Å²) in [7, 11) is 0. The molecule has 324 valence electrons. The molecule has 3 nitrogen and oxygen atoms in total. The zero-order valence-electron chi connectivity index (χ0n) is 37.7. The molecular weight excluding hydrogens is 837 g/mol. The third-order valence-corrected chi connectivity index (χ3v) is 13.6. The summed E-state index contributed by atoms with van der Waals surface area (Å²) in [5.41, 5.74) is 19.9. The van der Waals surface area contributed by atoms with Crippen molar-refractivity contribution in [2.24, 2.45) is 0 Å². The number of rotatable bonds is 9. The first kappa shape index (κ1) is 40.1. The highest BCUT2D eigenvalue weighted by Crippen LogP contribution is 2.46. The van der Waals surface area contributed by atoms with Crippen LogP contribution in [0, 0.1) is 0 Å². The van der Waals surface area contributed by atoms with E-state index in [2.05, 4.69) is 264 Å². The van der Waals surface area contributed by atoms with E-state index < -0.39 is 0 Å². The molecule has 2 aromatic heterocycles. The van der Waals surface area contributed by atoms with Gasteiger partial charge in [0.15, 0.2) is 0 Å². The van der Waals surface area contributed by atoms with E-state index in [9.17, 15) is 0 Å². The number of furan rings is 1. The first-order chi connectivity index (χ1) is 34.3. The molecule has 0 fully saturated rings. The molecule has 3 heteroatoms. The molecule has 0 saturated heterocycles. The fourth-order valence-electron chi connectivity index (χ4n) is 10.5. The summed E-state index contributed by atoms with van der Waals surface area (Å²) < 4.78 is 8.95. The third kappa shape index (κ3) is 6.91. The van der Waals surface area contributed by atoms with E-state index >= 15 is 0 Å². The largest absolute Gasteiger partial charge is 0.455 e. The van der Waals surface area contributed by atoms with Crippen LogP contribution in [0.25, 0.3) is 105 Å². The SMILES string of the molecule is c1ccc(-c2ccccc2-c2ccccc2N(c2ccc(-c3cccc4c3oc3ccccc34)cc2)c2cccc(-c3ccccc3-c3ccccc3-n3c4ccccc4c4ccccc43)c2)cc1. The average Bonchev–Trinajstić information content (AvgIpc) is 3.98. The van der Waals surface area contributed by atoms with Gasteiger partial charge in [-0.2, -0.15) is 0 Å². The van der Waals surface area contributed by atoms with Gasteiger partial charge in [-0.25, -0.2) is 0 Å². The van der Waals surface area contributed by atoms with Gasteiger partial charge >= 0.3 is 0 Å². The molecular formula is C66H44N2O. The van der Waals surface area contributed by atoms with E-state index in [4.69, 9.17) is 4.42 Å². The highest BCUT2D eigenvalue weighted by Gasteiger charge is 2.22. The maximum atomic E-state index is 6.52. The number of para-hydroxylation sites is 6. The Morgan fingerprint density at radius 2 is 0.783 bits per heavy atom. The van der Waals surface area contributed by atoms with Gasteiger partial charge in [-0.05, 0) is 93.5 Å². The summed E-state index contributed by atoms with van der Waals surface area (Å²) in [5.74, 6) is 0. The first-order valence-electron chi connectivity index (χ1n) is 23.6. The highest BCUT2D eigenvalue weighted by molar-refractivity contribution is 6.11. The molecule has 0 amide bonds. The zero-order chi connectivity index (χ0) is 45.7. The Bertz CT molecular complexity index is 3970. The molecule has 0 N–H and O–H groups in total. The molecule has 0 atom stereocenters. The smallest absolute Gasteiger partial charge is 0.143 e. The van der Waals surface area contributed by atoms with Crippen LogP contribution in [0.2, 0.25) is 0 Å². The number of hydrogen-bond donors (Lipinski definition) is 0. The molecule has 0 radical (unpaired) electrons. The van der Waals surface area contributed by atoms with Crippen LogP contribution >= 0.6 is 0 Å². The summed E-state index contributed by atoms with van der Waals surface area (Å²) >= 11 is 0. The van der Waals surface area contributed by atoms with Crippen molar-refractivity contribution < 1.29 is 4.42 Å². The maximum absolute atomic E-state index is 6.52. The predicted octanol–water partition coefficient (Wildman–Crippen LogP) is 18.5. The van der Waals surface area contributed by atoms with Crippen molar-refractivity contribution in [1.29, 1.82) is 0 Å². The van der Waals surface area contributed by atoms with E-state index in [0.29, 0.717) is 0 Å². The van der Waals surface area contributed by atoms with E-state index in [1.165, 1.54) is 49.6 Å². The molecule has 0 aliphatic heterocycles. The van der Waals surface area contributed by atoms with Gasteiger partial charge in [0, 0.05) is 49.6 Å². The van der Waals surface area contributed by atoms with Crippen LogP contribution < -0.4 is 4.90 Å². The Balaban J connectivity index is 0.980. The van der Waals surface area contributed by atoms with Gasteiger partial charge in [0.1, 0.15) is 11.2 Å². The molecule has 0 unspecified atom stereocenters. The van der Waals surface area contributed by atoms with Gasteiger partial charge in [-0.3, -0.25) is 0 Å². The topological polar surface area (TPSA) is 21.3 Å². The van der Waals surface area contributed by atoms with Gasteiger partial charge in [0.05, 0.1) is 22.4 Å². The molecule has 0 bridgehead atoms. The van der Waals surface area contributed by atoms with Crippen LogP contribution in [-0.2, 0) is 0 Å². The molecule has 0 aliphatic carbocycles. The van der Waals surface area contributed by atoms with Crippen molar-refractivity contribution in [2.75, 3.05) is 4.90 Å². The molecule has 0 saturated carbocycles. The summed E-state index contributed by atoms with van der Waals surface area (Å²) in [6.45, 7) is 0. The number of benzene rings is 11. The summed E-state index contributed by atoms with van der Waals surface area (Å²) in [5, 5.41) is 4.74. The molecule has 0 spiro atoms. The number of nitrogens with zero attached hydrogens (tertiary/aromatic N) is 2. The minimum atomic E-state index is 0.895. The Morgan fingerprint density at radius 1 is 0.290 bits per heavy atom. The van der Waals surface area contributed by atoms with E-state index in [1.54, 1.807) is 0 Å². The van der Waals surface area contributed by atoms with E-state index in [0.717, 1.165) is 72.5 Å². The van der Waals surface area contributed by atoms with Crippen LogP contribution in [0.4, 0.5) is 17.1 Å². The number of anilines is 3. The van der Waals surface area contributed by atoms with Crippen molar-refractivity contribution in [1.82, 2.24) is 4.57 Å². The molecule has 11 aromatic carbocycles. The number of aromatic nitrogens is 1. The molecule has 13 rings (SSSR count). The minimum absolute atomic E-state index is 0.895. The van der Waals surface area contributed by atoms with Crippen LogP contribution in [0.5, 0.6) is 0 Å². The van der Waals surface area contributed by atoms with Gasteiger partial charge < -0.3 is 13.9 Å². The molecule has 13 aromatic rings. The van der Waals surface area contributed by atoms with Crippen LogP contribution in [0.3, 0.4) is 0 Å². The van der Waals surface area contributed by atoms with E-state index in [-0.39, 0.29) is 0 Å². The van der Waals surface area contributed by atoms with Gasteiger partial charge in [0.25, 0.3) is 0 Å². The molecule has 69 heavy (non-hydrogen) atoms. The van der Waals surface area contributed by atoms with Crippen molar-refractivity contribution >= 4 is 60.8 Å². The Kier molecular flexibility index (Phi) is 9.84. The van der Waals surface area contributed by atoms with Gasteiger partial charge in [-0.1, -0.05) is 212 Å². The minimum Gasteiger partial charge on any atom is -0.455 e. The monoisotopic (exact) mass is 880 g/mol. The maximum Gasteiger partial charge on any atom is 0.143 e. The lowest BCUT2D eigenvalue weighted by molar-refractivity contribution is 0.670. The van der Waals surface area contributed by atoms with Crippen molar-refractivity contribution in [2.45, 2.75) is 0 Å². The Labute approximate surface area is 401 Å². The first-order valence-corrected chi connectivity index (χ1v) is 23.6. The fourth-order valence-corrected chi connectivity index (χ4v) is 10.5. The van der Waals surface area contributed by atoms with Crippen molar-refractivity contribution in [3.05, 3.63) is 267 Å². The quantitative estimate of drug-likeness (QED) is 0.144. The number of fused-ring (bicyclic) bond motifs is 6. The summed E-state index contributed by atoms with van der Waals surface area (Å²) in [4.78, 5) is 2.42. The standard InChI is InChI=1S/C66H44N2O/c1-2-20-45(21-3-1)50-24-4-6-26-53(50)55-28-8-13-35-61(55)67(48-42-40-46(41-43-48)52-33-19-34-60-59-32-12-17-39-65(59)69-66(52)60)49-23-18-22-47(44-49)51-25-5-7-27-54(51)56-29-9-14-36-62(56)68-63-37-15-10-30-57(63)58-31-11-16-38-64(58)68/h1-44H. The van der Waals surface area contributed by atoms with Crippen molar-refractivity contribution in [3.63, 3.8) is 0 Å². The van der Waals surface area contributed by atoms with Crippen LogP contribution in [0.15, 0.2) is 271 Å². The second-order valence-electron chi connectivity index (χ2n) is 17.6. The fraction of sp³-hybridized carbons (Fsp3) is 0. The Morgan fingerprint density at radius 3 is 1.52 bits per heavy atom.